The van der Waals surface area contributed by atoms with Crippen LogP contribution in [0.3, 0.4) is 0 Å². The third-order valence-corrected chi connectivity index (χ3v) is 3.20. The van der Waals surface area contributed by atoms with Crippen LogP contribution in [-0.2, 0) is 0 Å². The lowest BCUT2D eigenvalue weighted by Gasteiger charge is -2.23. The smallest absolute Gasteiger partial charge is 0.172 e. The lowest BCUT2D eigenvalue weighted by molar-refractivity contribution is 0.0572. The van der Waals surface area contributed by atoms with Gasteiger partial charge in [-0.15, -0.1) is 0 Å². The quantitative estimate of drug-likeness (QED) is 0.249. The van der Waals surface area contributed by atoms with Crippen molar-refractivity contribution in [3.63, 3.8) is 0 Å². The van der Waals surface area contributed by atoms with Crippen LogP contribution in [-0.4, -0.2) is 46.6 Å². The van der Waals surface area contributed by atoms with E-state index in [0.29, 0.717) is 18.7 Å². The molecule has 0 amide bonds. The van der Waals surface area contributed by atoms with Gasteiger partial charge in [-0.05, 0) is 18.6 Å². The van der Waals surface area contributed by atoms with E-state index in [1.54, 1.807) is 6.07 Å². The van der Waals surface area contributed by atoms with Gasteiger partial charge >= 0.3 is 0 Å². The summed E-state index contributed by atoms with van der Waals surface area (Å²) in [6.07, 6.45) is -1.55. The van der Waals surface area contributed by atoms with Crippen LogP contribution in [0.5, 0.6) is 0 Å². The number of β-amino-alcohol motifs (C(OH)–C–C–N with tert-alkyl or cyclic N) is 2. The summed E-state index contributed by atoms with van der Waals surface area (Å²) >= 11 is 0. The average molecular weight is 251 g/mol. The first-order valence-corrected chi connectivity index (χ1v) is 5.73. The van der Waals surface area contributed by atoms with Gasteiger partial charge in [-0.25, -0.2) is 0 Å². The lowest BCUT2D eigenvalue weighted by Crippen LogP contribution is -2.26. The van der Waals surface area contributed by atoms with E-state index in [1.165, 1.54) is 0 Å². The van der Waals surface area contributed by atoms with Crippen LogP contribution in [0, 0.1) is 6.92 Å². The summed E-state index contributed by atoms with van der Waals surface area (Å²) < 4.78 is 0. The minimum atomic E-state index is -0.773. The van der Waals surface area contributed by atoms with Crippen molar-refractivity contribution in [1.82, 2.24) is 0 Å². The number of benzene rings is 1. The molecule has 0 saturated carbocycles. The molecule has 98 valence electrons. The maximum absolute atomic E-state index is 9.60. The van der Waals surface area contributed by atoms with Gasteiger partial charge in [0.05, 0.1) is 17.9 Å². The van der Waals surface area contributed by atoms with Gasteiger partial charge in [-0.3, -0.25) is 0 Å². The molecule has 1 aliphatic heterocycles. The number of aryl methyl sites for hydroxylation is 1. The average Bonchev–Trinajstić information content (AvgIpc) is 2.68. The normalized spacial score (nSPS) is 24.6. The fourth-order valence-electron chi connectivity index (χ4n) is 2.29. The van der Waals surface area contributed by atoms with Gasteiger partial charge in [0.2, 0.25) is 0 Å². The van der Waals surface area contributed by atoms with Crippen LogP contribution in [0.2, 0.25) is 0 Å². The number of rotatable bonds is 2. The molecule has 0 radical (unpaired) electrons. The number of aliphatic hydroxyl groups excluding tert-OH is 2. The zero-order valence-electron chi connectivity index (χ0n) is 10.1. The van der Waals surface area contributed by atoms with Crippen molar-refractivity contribution in [2.45, 2.75) is 19.1 Å². The lowest BCUT2D eigenvalue weighted by atomic mass is 10.1. The molecule has 0 aliphatic carbocycles. The monoisotopic (exact) mass is 251 g/mol. The summed E-state index contributed by atoms with van der Waals surface area (Å²) in [6.45, 7) is 2.57. The Morgan fingerprint density at radius 1 is 1.33 bits per heavy atom. The van der Waals surface area contributed by atoms with Crippen molar-refractivity contribution in [1.29, 1.82) is 0 Å². The predicted octanol–water partition coefficient (Wildman–Crippen LogP) is -0.369. The Balaban J connectivity index is 2.44. The van der Waals surface area contributed by atoms with E-state index < -0.39 is 12.2 Å². The number of amidine groups is 1. The van der Waals surface area contributed by atoms with Crippen LogP contribution >= 0.6 is 0 Å². The fraction of sp³-hybridized carbons (Fsp3) is 0.417. The van der Waals surface area contributed by atoms with Gasteiger partial charge in [0.25, 0.3) is 0 Å². The van der Waals surface area contributed by atoms with Gasteiger partial charge < -0.3 is 26.1 Å². The van der Waals surface area contributed by atoms with E-state index in [9.17, 15) is 10.2 Å². The Morgan fingerprint density at radius 2 is 1.94 bits per heavy atom. The maximum atomic E-state index is 9.60. The Hall–Kier alpha value is -1.79. The molecule has 2 rings (SSSR count). The van der Waals surface area contributed by atoms with E-state index in [1.807, 2.05) is 24.0 Å². The Bertz CT molecular complexity index is 466. The molecule has 0 bridgehead atoms. The molecule has 0 aromatic heterocycles. The largest absolute Gasteiger partial charge is 0.409 e. The molecule has 6 heteroatoms. The van der Waals surface area contributed by atoms with Crippen molar-refractivity contribution in [2.24, 2.45) is 10.9 Å². The number of nitrogens with zero attached hydrogens (tertiary/aromatic N) is 2. The molecule has 1 aromatic carbocycles. The Labute approximate surface area is 105 Å². The Kier molecular flexibility index (Phi) is 3.40. The summed E-state index contributed by atoms with van der Waals surface area (Å²) in [6, 6.07) is 5.46. The summed E-state index contributed by atoms with van der Waals surface area (Å²) in [4.78, 5) is 1.85. The molecule has 1 heterocycles. The van der Waals surface area contributed by atoms with E-state index in [4.69, 9.17) is 10.9 Å². The zero-order chi connectivity index (χ0) is 13.3. The highest BCUT2D eigenvalue weighted by molar-refractivity contribution is 6.02. The van der Waals surface area contributed by atoms with Crippen molar-refractivity contribution in [3.05, 3.63) is 29.3 Å². The van der Waals surface area contributed by atoms with Crippen molar-refractivity contribution in [2.75, 3.05) is 18.0 Å². The first kappa shape index (κ1) is 12.7. The fourth-order valence-corrected chi connectivity index (χ4v) is 2.29. The standard InChI is InChI=1S/C12H17N3O3/c1-7-3-2-4-8(12(13)14-18)11(7)15-5-9(16)10(17)6-15/h2-4,9-10,16-18H,5-6H2,1H3,(H2,13,14). The molecule has 1 aromatic rings. The summed E-state index contributed by atoms with van der Waals surface area (Å²) in [5, 5.41) is 31.0. The molecule has 1 saturated heterocycles. The second kappa shape index (κ2) is 4.83. The van der Waals surface area contributed by atoms with Crippen molar-refractivity contribution >= 4 is 11.5 Å². The predicted molar refractivity (Wildman–Crippen MR) is 67.9 cm³/mol. The zero-order valence-corrected chi connectivity index (χ0v) is 10.1. The van der Waals surface area contributed by atoms with Crippen LogP contribution in [0.1, 0.15) is 11.1 Å². The van der Waals surface area contributed by atoms with Gasteiger partial charge in [0.15, 0.2) is 5.84 Å². The number of oxime groups is 1. The minimum Gasteiger partial charge on any atom is -0.409 e. The number of hydrogen-bond donors (Lipinski definition) is 4. The van der Waals surface area contributed by atoms with E-state index >= 15 is 0 Å². The van der Waals surface area contributed by atoms with Crippen LogP contribution < -0.4 is 10.6 Å². The summed E-state index contributed by atoms with van der Waals surface area (Å²) in [5.41, 5.74) is 7.97. The maximum Gasteiger partial charge on any atom is 0.172 e. The molecule has 0 spiro atoms. The first-order chi connectivity index (χ1) is 8.54. The van der Waals surface area contributed by atoms with Gasteiger partial charge in [0, 0.05) is 18.7 Å². The molecular formula is C12H17N3O3. The second-order valence-corrected chi connectivity index (χ2v) is 4.50. The number of hydrogen-bond acceptors (Lipinski definition) is 5. The molecule has 6 nitrogen and oxygen atoms in total. The first-order valence-electron chi connectivity index (χ1n) is 5.73. The molecule has 1 aliphatic rings. The number of anilines is 1. The number of para-hydroxylation sites is 1. The number of aliphatic hydroxyl groups is 2. The topological polar surface area (TPSA) is 102 Å². The third kappa shape index (κ3) is 2.12. The Morgan fingerprint density at radius 3 is 2.50 bits per heavy atom. The molecule has 1 fully saturated rings. The van der Waals surface area contributed by atoms with Crippen molar-refractivity contribution in [3.8, 4) is 0 Å². The van der Waals surface area contributed by atoms with E-state index in [2.05, 4.69) is 5.16 Å². The molecule has 2 atom stereocenters. The van der Waals surface area contributed by atoms with Crippen molar-refractivity contribution < 1.29 is 15.4 Å². The SMILES string of the molecule is Cc1cccc(/C(N)=N/O)c1N1CC(O)C(O)C1. The van der Waals surface area contributed by atoms with Crippen LogP contribution in [0.15, 0.2) is 23.4 Å². The molecule has 18 heavy (non-hydrogen) atoms. The highest BCUT2D eigenvalue weighted by Gasteiger charge is 2.31. The van der Waals surface area contributed by atoms with E-state index in [0.717, 1.165) is 11.3 Å². The summed E-state index contributed by atoms with van der Waals surface area (Å²) in [5.74, 6) is 0.0181. The minimum absolute atomic E-state index is 0.0181. The highest BCUT2D eigenvalue weighted by atomic mass is 16.4. The molecule has 2 unspecified atom stereocenters. The molecule has 5 N–H and O–H groups in total. The van der Waals surface area contributed by atoms with Gasteiger partial charge in [0.1, 0.15) is 0 Å². The second-order valence-electron chi connectivity index (χ2n) is 4.50. The summed E-state index contributed by atoms with van der Waals surface area (Å²) in [7, 11) is 0. The van der Waals surface area contributed by atoms with Gasteiger partial charge in [-0.1, -0.05) is 17.3 Å². The molecular weight excluding hydrogens is 234 g/mol. The highest BCUT2D eigenvalue weighted by Crippen LogP contribution is 2.28. The third-order valence-electron chi connectivity index (χ3n) is 3.20. The number of nitrogens with two attached hydrogens (primary N) is 1. The van der Waals surface area contributed by atoms with Crippen LogP contribution in [0.25, 0.3) is 0 Å². The van der Waals surface area contributed by atoms with Gasteiger partial charge in [-0.2, -0.15) is 0 Å². The van der Waals surface area contributed by atoms with E-state index in [-0.39, 0.29) is 5.84 Å². The van der Waals surface area contributed by atoms with Crippen LogP contribution in [0.4, 0.5) is 5.69 Å².